The SMILES string of the molecule is CCN(C)/C=N\c1cc(C)c(/C(C)=N/Oc2ccccc2)cc1C. The second-order valence-corrected chi connectivity index (χ2v) is 5.85. The largest absolute Gasteiger partial charge is 0.366 e. The third kappa shape index (κ3) is 4.69. The molecule has 0 radical (unpaired) electrons. The van der Waals surface area contributed by atoms with Crippen molar-refractivity contribution in [3.05, 3.63) is 59.2 Å². The van der Waals surface area contributed by atoms with E-state index >= 15 is 0 Å². The first-order chi connectivity index (χ1) is 11.5. The van der Waals surface area contributed by atoms with Gasteiger partial charge in [0.1, 0.15) is 0 Å². The summed E-state index contributed by atoms with van der Waals surface area (Å²) in [6.45, 7) is 9.12. The van der Waals surface area contributed by atoms with Crippen molar-refractivity contribution in [2.24, 2.45) is 10.1 Å². The molecule has 24 heavy (non-hydrogen) atoms. The van der Waals surface area contributed by atoms with E-state index < -0.39 is 0 Å². The summed E-state index contributed by atoms with van der Waals surface area (Å²) in [6.07, 6.45) is 1.86. The molecule has 0 amide bonds. The predicted octanol–water partition coefficient (Wildman–Crippen LogP) is 4.72. The van der Waals surface area contributed by atoms with Crippen LogP contribution in [0.15, 0.2) is 52.6 Å². The highest BCUT2D eigenvalue weighted by Crippen LogP contribution is 2.24. The van der Waals surface area contributed by atoms with Gasteiger partial charge in [0.15, 0.2) is 5.75 Å². The third-order valence-electron chi connectivity index (χ3n) is 3.86. The van der Waals surface area contributed by atoms with Crippen LogP contribution in [0.5, 0.6) is 5.75 Å². The Kier molecular flexibility index (Phi) is 6.13. The number of oxime groups is 1. The highest BCUT2D eigenvalue weighted by molar-refractivity contribution is 6.00. The molecule has 0 aliphatic carbocycles. The Hall–Kier alpha value is -2.62. The van der Waals surface area contributed by atoms with Gasteiger partial charge in [-0.05, 0) is 63.1 Å². The maximum absolute atomic E-state index is 5.49. The minimum absolute atomic E-state index is 0.732. The van der Waals surface area contributed by atoms with Crippen LogP contribution < -0.4 is 4.84 Å². The van der Waals surface area contributed by atoms with Crippen LogP contribution >= 0.6 is 0 Å². The lowest BCUT2D eigenvalue weighted by Crippen LogP contribution is -2.14. The van der Waals surface area contributed by atoms with E-state index in [1.54, 1.807) is 0 Å². The molecule has 0 bridgehead atoms. The van der Waals surface area contributed by atoms with E-state index in [0.29, 0.717) is 0 Å². The fraction of sp³-hybridized carbons (Fsp3) is 0.300. The van der Waals surface area contributed by atoms with Crippen LogP contribution in [0.1, 0.15) is 30.5 Å². The molecular formula is C20H25N3O. The number of aryl methyl sites for hydroxylation is 2. The van der Waals surface area contributed by atoms with E-state index in [9.17, 15) is 0 Å². The third-order valence-corrected chi connectivity index (χ3v) is 3.86. The number of hydrogen-bond donors (Lipinski definition) is 0. The lowest BCUT2D eigenvalue weighted by Gasteiger charge is -2.11. The van der Waals surface area contributed by atoms with Crippen molar-refractivity contribution in [3.63, 3.8) is 0 Å². The molecule has 2 aromatic carbocycles. The summed E-state index contributed by atoms with van der Waals surface area (Å²) in [6, 6.07) is 13.8. The zero-order valence-corrected chi connectivity index (χ0v) is 15.1. The predicted molar refractivity (Wildman–Crippen MR) is 102 cm³/mol. The molecule has 126 valence electrons. The van der Waals surface area contributed by atoms with Crippen LogP contribution in [-0.2, 0) is 0 Å². The summed E-state index contributed by atoms with van der Waals surface area (Å²) in [5.41, 5.74) is 5.15. The fourth-order valence-electron chi connectivity index (χ4n) is 2.22. The molecule has 0 atom stereocenters. The number of aliphatic imine (C=N–C) groups is 1. The lowest BCUT2D eigenvalue weighted by molar-refractivity contribution is 0.341. The highest BCUT2D eigenvalue weighted by atomic mass is 16.6. The summed E-state index contributed by atoms with van der Waals surface area (Å²) < 4.78 is 0. The van der Waals surface area contributed by atoms with Gasteiger partial charge in [-0.25, -0.2) is 4.99 Å². The summed E-state index contributed by atoms with van der Waals surface area (Å²) in [4.78, 5) is 12.1. The first-order valence-corrected chi connectivity index (χ1v) is 8.14. The maximum atomic E-state index is 5.49. The molecule has 0 spiro atoms. The Morgan fingerprint density at radius 1 is 1.12 bits per heavy atom. The van der Waals surface area contributed by atoms with Crippen molar-refractivity contribution < 1.29 is 4.84 Å². The van der Waals surface area contributed by atoms with Crippen molar-refractivity contribution in [2.75, 3.05) is 13.6 Å². The number of rotatable bonds is 6. The molecule has 0 heterocycles. The van der Waals surface area contributed by atoms with Gasteiger partial charge in [-0.2, -0.15) is 0 Å². The highest BCUT2D eigenvalue weighted by Gasteiger charge is 2.07. The van der Waals surface area contributed by atoms with Crippen LogP contribution in [-0.4, -0.2) is 30.5 Å². The number of para-hydroxylation sites is 1. The van der Waals surface area contributed by atoms with Crippen molar-refractivity contribution in [2.45, 2.75) is 27.7 Å². The van der Waals surface area contributed by atoms with Gasteiger partial charge in [0.25, 0.3) is 0 Å². The summed E-state index contributed by atoms with van der Waals surface area (Å²) in [5, 5.41) is 4.25. The lowest BCUT2D eigenvalue weighted by atomic mass is 10.0. The molecule has 2 aromatic rings. The van der Waals surface area contributed by atoms with Crippen molar-refractivity contribution in [1.82, 2.24) is 4.90 Å². The van der Waals surface area contributed by atoms with Crippen molar-refractivity contribution in [1.29, 1.82) is 0 Å². The molecule has 0 saturated carbocycles. The molecule has 0 aliphatic rings. The van der Waals surface area contributed by atoms with Crippen molar-refractivity contribution in [3.8, 4) is 5.75 Å². The second kappa shape index (κ2) is 8.29. The van der Waals surface area contributed by atoms with Gasteiger partial charge >= 0.3 is 0 Å². The van der Waals surface area contributed by atoms with Gasteiger partial charge in [-0.3, -0.25) is 0 Å². The first-order valence-electron chi connectivity index (χ1n) is 8.14. The van der Waals surface area contributed by atoms with E-state index in [0.717, 1.165) is 40.4 Å². The van der Waals surface area contributed by atoms with E-state index in [4.69, 9.17) is 4.84 Å². The van der Waals surface area contributed by atoms with Gasteiger partial charge in [0, 0.05) is 19.2 Å². The van der Waals surface area contributed by atoms with Crippen LogP contribution in [0.3, 0.4) is 0 Å². The molecule has 0 unspecified atom stereocenters. The van der Waals surface area contributed by atoms with E-state index in [1.165, 1.54) is 0 Å². The molecule has 4 nitrogen and oxygen atoms in total. The number of hydrogen-bond acceptors (Lipinski definition) is 3. The normalized spacial score (nSPS) is 11.8. The van der Waals surface area contributed by atoms with Gasteiger partial charge < -0.3 is 9.74 Å². The molecule has 2 rings (SSSR count). The molecule has 0 aliphatic heterocycles. The molecular weight excluding hydrogens is 298 g/mol. The Bertz CT molecular complexity index is 736. The fourth-order valence-corrected chi connectivity index (χ4v) is 2.22. The van der Waals surface area contributed by atoms with Crippen molar-refractivity contribution >= 4 is 17.7 Å². The molecule has 4 heteroatoms. The Morgan fingerprint density at radius 2 is 1.83 bits per heavy atom. The monoisotopic (exact) mass is 323 g/mol. The van der Waals surface area contributed by atoms with Gasteiger partial charge in [0.05, 0.1) is 17.7 Å². The minimum Gasteiger partial charge on any atom is -0.366 e. The Morgan fingerprint density at radius 3 is 2.50 bits per heavy atom. The van der Waals surface area contributed by atoms with Crippen LogP contribution in [0.2, 0.25) is 0 Å². The molecule has 0 saturated heterocycles. The Labute approximate surface area is 144 Å². The zero-order chi connectivity index (χ0) is 17.5. The summed E-state index contributed by atoms with van der Waals surface area (Å²) >= 11 is 0. The van der Waals surface area contributed by atoms with E-state index in [1.807, 2.05) is 55.5 Å². The maximum Gasteiger partial charge on any atom is 0.157 e. The number of benzene rings is 2. The average molecular weight is 323 g/mol. The average Bonchev–Trinajstić information content (AvgIpc) is 2.60. The van der Waals surface area contributed by atoms with Gasteiger partial charge in [-0.1, -0.05) is 23.4 Å². The second-order valence-electron chi connectivity index (χ2n) is 5.85. The van der Waals surface area contributed by atoms with Crippen LogP contribution in [0.4, 0.5) is 5.69 Å². The quantitative estimate of drug-likeness (QED) is 0.438. The molecule has 0 aromatic heterocycles. The zero-order valence-electron chi connectivity index (χ0n) is 15.1. The van der Waals surface area contributed by atoms with E-state index in [-0.39, 0.29) is 0 Å². The van der Waals surface area contributed by atoms with E-state index in [2.05, 4.69) is 43.1 Å². The van der Waals surface area contributed by atoms with Crippen LogP contribution in [0.25, 0.3) is 0 Å². The minimum atomic E-state index is 0.732. The number of nitrogens with zero attached hydrogens (tertiary/aromatic N) is 3. The molecule has 0 fully saturated rings. The smallest absolute Gasteiger partial charge is 0.157 e. The Balaban J connectivity index is 2.21. The molecule has 0 N–H and O–H groups in total. The first kappa shape index (κ1) is 17.7. The van der Waals surface area contributed by atoms with Gasteiger partial charge in [-0.15, -0.1) is 0 Å². The van der Waals surface area contributed by atoms with Gasteiger partial charge in [0.2, 0.25) is 0 Å². The topological polar surface area (TPSA) is 37.2 Å². The van der Waals surface area contributed by atoms with Crippen LogP contribution in [0, 0.1) is 13.8 Å². The summed E-state index contributed by atoms with van der Waals surface area (Å²) in [5.74, 6) is 0.732. The standard InChI is InChI=1S/C20H25N3O/c1-6-23(5)14-21-20-13-15(2)19(12-16(20)3)17(4)22-24-18-10-8-7-9-11-18/h7-14H,6H2,1-5H3/b21-14-,22-17+. The summed E-state index contributed by atoms with van der Waals surface area (Å²) in [7, 11) is 2.01.